The molecule has 2 aromatic rings. The van der Waals surface area contributed by atoms with Crippen molar-refractivity contribution < 1.29 is 9.66 Å². The number of hydrogen-bond donors (Lipinski definition) is 1. The number of fused-ring (bicyclic) bond motifs is 2. The number of anilines is 2. The van der Waals surface area contributed by atoms with Crippen LogP contribution in [0.3, 0.4) is 0 Å². The van der Waals surface area contributed by atoms with E-state index in [0.29, 0.717) is 11.4 Å². The Morgan fingerprint density at radius 3 is 2.53 bits per heavy atom. The van der Waals surface area contributed by atoms with E-state index in [1.165, 1.54) is 17.8 Å². The molecule has 96 valence electrons. The van der Waals surface area contributed by atoms with Gasteiger partial charge >= 0.3 is 0 Å². The monoisotopic (exact) mass is 274 g/mol. The maximum atomic E-state index is 11.1. The van der Waals surface area contributed by atoms with E-state index in [9.17, 15) is 10.1 Å². The van der Waals surface area contributed by atoms with Gasteiger partial charge in [-0.05, 0) is 18.2 Å². The Labute approximate surface area is 113 Å². The number of nitro benzene ring substituents is 1. The number of benzene rings is 2. The van der Waals surface area contributed by atoms with E-state index in [2.05, 4.69) is 5.32 Å². The molecule has 2 aromatic carbocycles. The van der Waals surface area contributed by atoms with Crippen LogP contribution in [0.2, 0.25) is 0 Å². The summed E-state index contributed by atoms with van der Waals surface area (Å²) in [6.07, 6.45) is 0. The molecule has 0 aromatic heterocycles. The van der Waals surface area contributed by atoms with Crippen molar-refractivity contribution in [2.75, 3.05) is 12.4 Å². The average molecular weight is 274 g/mol. The van der Waals surface area contributed by atoms with Gasteiger partial charge in [-0.1, -0.05) is 23.9 Å². The van der Waals surface area contributed by atoms with Crippen LogP contribution in [-0.2, 0) is 0 Å². The number of nitro groups is 1. The van der Waals surface area contributed by atoms with Crippen molar-refractivity contribution in [3.63, 3.8) is 0 Å². The molecule has 0 amide bonds. The largest absolute Gasteiger partial charge is 0.495 e. The van der Waals surface area contributed by atoms with E-state index in [4.69, 9.17) is 4.74 Å². The van der Waals surface area contributed by atoms with Gasteiger partial charge in [-0.2, -0.15) is 0 Å². The molecule has 1 aliphatic rings. The first-order valence-electron chi connectivity index (χ1n) is 5.60. The zero-order chi connectivity index (χ0) is 13.4. The molecule has 0 atom stereocenters. The zero-order valence-corrected chi connectivity index (χ0v) is 10.9. The molecule has 6 heteroatoms. The van der Waals surface area contributed by atoms with Crippen LogP contribution >= 0.6 is 11.8 Å². The molecule has 0 unspecified atom stereocenters. The van der Waals surface area contributed by atoms with Gasteiger partial charge in [0.25, 0.3) is 5.69 Å². The number of nitrogens with one attached hydrogen (secondary N) is 1. The Kier molecular flexibility index (Phi) is 2.79. The van der Waals surface area contributed by atoms with E-state index < -0.39 is 0 Å². The van der Waals surface area contributed by atoms with E-state index >= 15 is 0 Å². The summed E-state index contributed by atoms with van der Waals surface area (Å²) in [4.78, 5) is 12.5. The fraction of sp³-hybridized carbons (Fsp3) is 0.0769. The fourth-order valence-corrected chi connectivity index (χ4v) is 3.06. The van der Waals surface area contributed by atoms with Gasteiger partial charge in [-0.15, -0.1) is 0 Å². The minimum Gasteiger partial charge on any atom is -0.495 e. The summed E-state index contributed by atoms with van der Waals surface area (Å²) in [6, 6.07) is 10.7. The molecular formula is C13H10N2O3S. The molecule has 0 aliphatic carbocycles. The molecule has 5 nitrogen and oxygen atoms in total. The molecule has 19 heavy (non-hydrogen) atoms. The third-order valence-electron chi connectivity index (χ3n) is 2.88. The molecule has 0 fully saturated rings. The summed E-state index contributed by atoms with van der Waals surface area (Å²) in [5.41, 5.74) is 1.37. The normalized spacial score (nSPS) is 12.1. The van der Waals surface area contributed by atoms with Crippen molar-refractivity contribution in [3.05, 3.63) is 46.5 Å². The van der Waals surface area contributed by atoms with E-state index in [1.54, 1.807) is 13.2 Å². The lowest BCUT2D eigenvalue weighted by atomic mass is 10.2. The van der Waals surface area contributed by atoms with Crippen LogP contribution in [0, 0.1) is 10.1 Å². The Bertz CT molecular complexity index is 673. The van der Waals surface area contributed by atoms with Gasteiger partial charge in [0.15, 0.2) is 0 Å². The molecular weight excluding hydrogens is 264 g/mol. The van der Waals surface area contributed by atoms with E-state index in [0.717, 1.165) is 15.5 Å². The Morgan fingerprint density at radius 2 is 1.84 bits per heavy atom. The van der Waals surface area contributed by atoms with Crippen molar-refractivity contribution >= 4 is 28.8 Å². The number of rotatable bonds is 2. The van der Waals surface area contributed by atoms with E-state index in [-0.39, 0.29) is 10.6 Å². The highest BCUT2D eigenvalue weighted by Gasteiger charge is 2.25. The summed E-state index contributed by atoms with van der Waals surface area (Å²) in [5, 5.41) is 14.2. The quantitative estimate of drug-likeness (QED) is 0.568. The summed E-state index contributed by atoms with van der Waals surface area (Å²) in [6.45, 7) is 0. The minimum absolute atomic E-state index is 0.0709. The molecule has 1 aliphatic heterocycles. The second-order valence-corrected chi connectivity index (χ2v) is 5.05. The summed E-state index contributed by atoms with van der Waals surface area (Å²) < 4.78 is 5.28. The lowest BCUT2D eigenvalue weighted by Crippen LogP contribution is -2.04. The van der Waals surface area contributed by atoms with Crippen molar-refractivity contribution in [1.82, 2.24) is 0 Å². The van der Waals surface area contributed by atoms with Gasteiger partial charge < -0.3 is 10.1 Å². The summed E-state index contributed by atoms with van der Waals surface area (Å²) in [5.74, 6) is 0.675. The minimum atomic E-state index is -0.382. The molecule has 0 radical (unpaired) electrons. The van der Waals surface area contributed by atoms with Gasteiger partial charge in [0, 0.05) is 15.9 Å². The standard InChI is InChI=1S/C13H10N2O3S/c1-18-9-5-3-7-11-13(9)14-12-8(15(16)17)4-2-6-10(12)19-11/h2-7,14H,1H3. The van der Waals surface area contributed by atoms with E-state index in [1.807, 2.05) is 24.3 Å². The van der Waals surface area contributed by atoms with Crippen molar-refractivity contribution in [1.29, 1.82) is 0 Å². The number of ether oxygens (including phenoxy) is 1. The molecule has 0 saturated heterocycles. The van der Waals surface area contributed by atoms with Gasteiger partial charge in [0.2, 0.25) is 0 Å². The number of nitrogens with zero attached hydrogens (tertiary/aromatic N) is 1. The fourth-order valence-electron chi connectivity index (χ4n) is 2.02. The highest BCUT2D eigenvalue weighted by atomic mass is 32.2. The lowest BCUT2D eigenvalue weighted by Gasteiger charge is -2.22. The first-order chi connectivity index (χ1) is 9.20. The maximum absolute atomic E-state index is 11.1. The molecule has 3 rings (SSSR count). The van der Waals surface area contributed by atoms with Gasteiger partial charge in [0.1, 0.15) is 11.4 Å². The second kappa shape index (κ2) is 4.47. The maximum Gasteiger partial charge on any atom is 0.293 e. The van der Waals surface area contributed by atoms with Gasteiger partial charge in [-0.3, -0.25) is 10.1 Å². The average Bonchev–Trinajstić information content (AvgIpc) is 2.43. The predicted octanol–water partition coefficient (Wildman–Crippen LogP) is 3.81. The Hall–Kier alpha value is -2.21. The van der Waals surface area contributed by atoms with Crippen LogP contribution < -0.4 is 10.1 Å². The SMILES string of the molecule is COc1cccc2c1Nc1c(cccc1[N+](=O)[O-])S2. The van der Waals surface area contributed by atoms with Crippen LogP contribution in [0.4, 0.5) is 17.1 Å². The first kappa shape index (κ1) is 11.9. The van der Waals surface area contributed by atoms with Crippen LogP contribution in [0.5, 0.6) is 5.75 Å². The molecule has 0 saturated carbocycles. The van der Waals surface area contributed by atoms with Crippen molar-refractivity contribution in [3.8, 4) is 5.75 Å². The summed E-state index contributed by atoms with van der Waals surface area (Å²) in [7, 11) is 1.58. The van der Waals surface area contributed by atoms with Crippen LogP contribution in [0.15, 0.2) is 46.2 Å². The number of para-hydroxylation sites is 2. The third kappa shape index (κ3) is 1.90. The smallest absolute Gasteiger partial charge is 0.293 e. The van der Waals surface area contributed by atoms with Crippen LogP contribution in [0.1, 0.15) is 0 Å². The van der Waals surface area contributed by atoms with Crippen molar-refractivity contribution in [2.45, 2.75) is 9.79 Å². The topological polar surface area (TPSA) is 64.4 Å². The molecule has 1 N–H and O–H groups in total. The zero-order valence-electron chi connectivity index (χ0n) is 10.0. The van der Waals surface area contributed by atoms with Gasteiger partial charge in [0.05, 0.1) is 17.7 Å². The van der Waals surface area contributed by atoms with Crippen molar-refractivity contribution in [2.24, 2.45) is 0 Å². The number of methoxy groups -OCH3 is 1. The predicted molar refractivity (Wildman–Crippen MR) is 73.5 cm³/mol. The lowest BCUT2D eigenvalue weighted by molar-refractivity contribution is -0.384. The highest BCUT2D eigenvalue weighted by Crippen LogP contribution is 2.50. The Balaban J connectivity index is 2.15. The molecule has 0 spiro atoms. The molecule has 1 heterocycles. The van der Waals surface area contributed by atoms with Crippen LogP contribution in [0.25, 0.3) is 0 Å². The Morgan fingerprint density at radius 1 is 1.16 bits per heavy atom. The van der Waals surface area contributed by atoms with Crippen LogP contribution in [-0.4, -0.2) is 12.0 Å². The molecule has 0 bridgehead atoms. The summed E-state index contributed by atoms with van der Waals surface area (Å²) >= 11 is 1.50. The first-order valence-corrected chi connectivity index (χ1v) is 6.41. The van der Waals surface area contributed by atoms with Gasteiger partial charge in [-0.25, -0.2) is 0 Å². The second-order valence-electron chi connectivity index (χ2n) is 3.97. The highest BCUT2D eigenvalue weighted by molar-refractivity contribution is 7.99. The third-order valence-corrected chi connectivity index (χ3v) is 4.00. The number of hydrogen-bond acceptors (Lipinski definition) is 5.